The summed E-state index contributed by atoms with van der Waals surface area (Å²) in [5, 5.41) is 3.70. The van der Waals surface area contributed by atoms with Crippen molar-refractivity contribution in [1.29, 1.82) is 0 Å². The number of benzene rings is 1. The third-order valence-electron chi connectivity index (χ3n) is 2.39. The van der Waals surface area contributed by atoms with E-state index in [0.717, 1.165) is 18.7 Å². The third kappa shape index (κ3) is 4.35. The van der Waals surface area contributed by atoms with Crippen LogP contribution in [0.25, 0.3) is 0 Å². The molecular weight excluding hydrogens is 257 g/mol. The minimum atomic E-state index is -0.404. The van der Waals surface area contributed by atoms with E-state index >= 15 is 0 Å². The summed E-state index contributed by atoms with van der Waals surface area (Å²) in [6, 6.07) is 3.71. The van der Waals surface area contributed by atoms with Crippen LogP contribution in [0.1, 0.15) is 18.9 Å². The predicted octanol–water partition coefficient (Wildman–Crippen LogP) is 3.20. The van der Waals surface area contributed by atoms with Crippen molar-refractivity contribution in [2.75, 3.05) is 26.9 Å². The second-order valence-electron chi connectivity index (χ2n) is 3.78. The van der Waals surface area contributed by atoms with E-state index in [9.17, 15) is 4.39 Å². The van der Waals surface area contributed by atoms with Gasteiger partial charge in [0.25, 0.3) is 0 Å². The Morgan fingerprint density at radius 3 is 2.78 bits per heavy atom. The summed E-state index contributed by atoms with van der Waals surface area (Å²) in [5.74, 6) is 1.06. The van der Waals surface area contributed by atoms with Crippen molar-refractivity contribution < 1.29 is 13.9 Å². The first-order valence-electron chi connectivity index (χ1n) is 5.98. The third-order valence-corrected chi connectivity index (χ3v) is 2.67. The highest BCUT2D eigenvalue weighted by Gasteiger charge is 2.11. The van der Waals surface area contributed by atoms with E-state index in [4.69, 9.17) is 21.1 Å². The Bertz CT molecular complexity index is 374. The van der Waals surface area contributed by atoms with E-state index in [1.54, 1.807) is 7.11 Å². The van der Waals surface area contributed by atoms with Crippen molar-refractivity contribution in [1.82, 2.24) is 5.32 Å². The molecule has 0 saturated heterocycles. The molecule has 0 aliphatic rings. The molecule has 1 aromatic carbocycles. The maximum Gasteiger partial charge on any atom is 0.179 e. The number of halogens is 2. The summed E-state index contributed by atoms with van der Waals surface area (Å²) in [5.41, 5.74) is 1.02. The molecule has 1 N–H and O–H groups in total. The van der Waals surface area contributed by atoms with Gasteiger partial charge < -0.3 is 14.8 Å². The van der Waals surface area contributed by atoms with Crippen molar-refractivity contribution in [3.8, 4) is 11.5 Å². The van der Waals surface area contributed by atoms with Crippen LogP contribution >= 0.6 is 11.6 Å². The molecule has 102 valence electrons. The van der Waals surface area contributed by atoms with Crippen LogP contribution in [0.3, 0.4) is 0 Å². The molecule has 0 aliphatic carbocycles. The lowest BCUT2D eigenvalue weighted by molar-refractivity contribution is 0.274. The Labute approximate surface area is 112 Å². The van der Waals surface area contributed by atoms with Gasteiger partial charge in [0, 0.05) is 13.0 Å². The molecular formula is C13H19ClFNO2. The minimum Gasteiger partial charge on any atom is -0.493 e. The molecule has 0 unspecified atom stereocenters. The van der Waals surface area contributed by atoms with Crippen molar-refractivity contribution >= 4 is 11.6 Å². The van der Waals surface area contributed by atoms with Crippen molar-refractivity contribution in [3.63, 3.8) is 0 Å². The lowest BCUT2D eigenvalue weighted by Gasteiger charge is -2.14. The number of methoxy groups -OCH3 is 1. The molecule has 0 amide bonds. The van der Waals surface area contributed by atoms with Gasteiger partial charge in [0.05, 0.1) is 25.4 Å². The molecule has 0 aliphatic heterocycles. The van der Waals surface area contributed by atoms with E-state index in [1.807, 2.05) is 19.1 Å². The summed E-state index contributed by atoms with van der Waals surface area (Å²) in [4.78, 5) is 0. The molecule has 0 radical (unpaired) electrons. The van der Waals surface area contributed by atoms with Gasteiger partial charge in [-0.25, -0.2) is 0 Å². The molecule has 1 rings (SSSR count). The van der Waals surface area contributed by atoms with Gasteiger partial charge in [0.2, 0.25) is 0 Å². The summed E-state index contributed by atoms with van der Waals surface area (Å²) in [6.07, 6.45) is 0.346. The fourth-order valence-corrected chi connectivity index (χ4v) is 1.80. The predicted molar refractivity (Wildman–Crippen MR) is 71.5 cm³/mol. The van der Waals surface area contributed by atoms with Crippen LogP contribution in [0, 0.1) is 0 Å². The van der Waals surface area contributed by atoms with Gasteiger partial charge in [-0.15, -0.1) is 0 Å². The van der Waals surface area contributed by atoms with E-state index in [2.05, 4.69) is 5.32 Å². The Balaban J connectivity index is 2.82. The summed E-state index contributed by atoms with van der Waals surface area (Å²) in [7, 11) is 1.56. The standard InChI is InChI=1S/C13H19ClFNO2/c1-3-16-9-10-7-11(14)13(12(8-10)17-2)18-6-4-5-15/h7-8,16H,3-6,9H2,1-2H3. The minimum absolute atomic E-state index is 0.291. The highest BCUT2D eigenvalue weighted by molar-refractivity contribution is 6.32. The molecule has 0 heterocycles. The molecule has 1 aromatic rings. The molecule has 18 heavy (non-hydrogen) atoms. The van der Waals surface area contributed by atoms with Crippen LogP contribution in [0.5, 0.6) is 11.5 Å². The van der Waals surface area contributed by atoms with Crippen LogP contribution in [0.4, 0.5) is 4.39 Å². The fraction of sp³-hybridized carbons (Fsp3) is 0.538. The zero-order valence-corrected chi connectivity index (χ0v) is 11.5. The smallest absolute Gasteiger partial charge is 0.179 e. The van der Waals surface area contributed by atoms with Crippen LogP contribution in [-0.4, -0.2) is 26.9 Å². The average molecular weight is 276 g/mol. The van der Waals surface area contributed by atoms with Crippen molar-refractivity contribution in [2.24, 2.45) is 0 Å². The highest BCUT2D eigenvalue weighted by Crippen LogP contribution is 2.36. The van der Waals surface area contributed by atoms with E-state index in [0.29, 0.717) is 29.5 Å². The number of rotatable bonds is 8. The lowest BCUT2D eigenvalue weighted by atomic mass is 10.2. The normalized spacial score (nSPS) is 10.4. The molecule has 0 aromatic heterocycles. The molecule has 0 spiro atoms. The van der Waals surface area contributed by atoms with Gasteiger partial charge >= 0.3 is 0 Å². The van der Waals surface area contributed by atoms with E-state index in [-0.39, 0.29) is 0 Å². The summed E-state index contributed by atoms with van der Waals surface area (Å²) in [6.45, 7) is 3.52. The second-order valence-corrected chi connectivity index (χ2v) is 4.19. The number of ether oxygens (including phenoxy) is 2. The molecule has 0 saturated carbocycles. The van der Waals surface area contributed by atoms with E-state index in [1.165, 1.54) is 0 Å². The molecule has 0 atom stereocenters. The maximum absolute atomic E-state index is 12.0. The number of nitrogens with one attached hydrogen (secondary N) is 1. The largest absolute Gasteiger partial charge is 0.493 e. The first kappa shape index (κ1) is 15.1. The molecule has 0 fully saturated rings. The van der Waals surface area contributed by atoms with E-state index < -0.39 is 6.67 Å². The van der Waals surface area contributed by atoms with Gasteiger partial charge in [-0.3, -0.25) is 4.39 Å². The Morgan fingerprint density at radius 1 is 1.39 bits per heavy atom. The lowest BCUT2D eigenvalue weighted by Crippen LogP contribution is -2.12. The highest BCUT2D eigenvalue weighted by atomic mass is 35.5. The Morgan fingerprint density at radius 2 is 2.17 bits per heavy atom. The van der Waals surface area contributed by atoms with Gasteiger partial charge in [0.1, 0.15) is 0 Å². The molecule has 5 heteroatoms. The summed E-state index contributed by atoms with van der Waals surface area (Å²) >= 11 is 6.14. The number of hydrogen-bond acceptors (Lipinski definition) is 3. The van der Waals surface area contributed by atoms with Gasteiger partial charge in [-0.05, 0) is 24.2 Å². The summed E-state index contributed by atoms with van der Waals surface area (Å²) < 4.78 is 22.7. The Kier molecular flexibility index (Phi) is 6.83. The average Bonchev–Trinajstić information content (AvgIpc) is 2.38. The quantitative estimate of drug-likeness (QED) is 0.739. The first-order valence-corrected chi connectivity index (χ1v) is 6.36. The maximum atomic E-state index is 12.0. The Hall–Kier alpha value is -1.00. The van der Waals surface area contributed by atoms with Crippen molar-refractivity contribution in [3.05, 3.63) is 22.7 Å². The van der Waals surface area contributed by atoms with Crippen LogP contribution in [0.15, 0.2) is 12.1 Å². The first-order chi connectivity index (χ1) is 8.72. The number of hydrogen-bond donors (Lipinski definition) is 1. The number of alkyl halides is 1. The molecule has 0 bridgehead atoms. The monoisotopic (exact) mass is 275 g/mol. The van der Waals surface area contributed by atoms with Gasteiger partial charge in [-0.1, -0.05) is 18.5 Å². The second kappa shape index (κ2) is 8.16. The van der Waals surface area contributed by atoms with Crippen LogP contribution < -0.4 is 14.8 Å². The van der Waals surface area contributed by atoms with Gasteiger partial charge in [-0.2, -0.15) is 0 Å². The van der Waals surface area contributed by atoms with Crippen molar-refractivity contribution in [2.45, 2.75) is 19.9 Å². The topological polar surface area (TPSA) is 30.5 Å². The van der Waals surface area contributed by atoms with Crippen LogP contribution in [0.2, 0.25) is 5.02 Å². The zero-order chi connectivity index (χ0) is 13.4. The SMILES string of the molecule is CCNCc1cc(Cl)c(OCCCF)c(OC)c1. The fourth-order valence-electron chi connectivity index (χ4n) is 1.51. The van der Waals surface area contributed by atoms with Crippen LogP contribution in [-0.2, 0) is 6.54 Å². The zero-order valence-electron chi connectivity index (χ0n) is 10.8. The molecule has 3 nitrogen and oxygen atoms in total. The van der Waals surface area contributed by atoms with Gasteiger partial charge in [0.15, 0.2) is 11.5 Å².